The molecule has 1 saturated carbocycles. The number of nitrogens with zero attached hydrogens (tertiary/aromatic N) is 2. The molecular weight excluding hydrogens is 268 g/mol. The van der Waals surface area contributed by atoms with Crippen molar-refractivity contribution in [1.82, 2.24) is 4.90 Å². The molecule has 1 amide bonds. The van der Waals surface area contributed by atoms with E-state index in [4.69, 9.17) is 4.74 Å². The van der Waals surface area contributed by atoms with E-state index >= 15 is 0 Å². The van der Waals surface area contributed by atoms with Gasteiger partial charge in [-0.15, -0.1) is 0 Å². The highest BCUT2D eigenvalue weighted by Crippen LogP contribution is 2.38. The van der Waals surface area contributed by atoms with Gasteiger partial charge >= 0.3 is 5.97 Å². The monoisotopic (exact) mass is 292 g/mol. The molecule has 0 aromatic rings. The Morgan fingerprint density at radius 3 is 2.57 bits per heavy atom. The quantitative estimate of drug-likeness (QED) is 0.749. The largest absolute Gasteiger partial charge is 0.464 e. The van der Waals surface area contributed by atoms with Crippen LogP contribution in [-0.4, -0.2) is 36.0 Å². The van der Waals surface area contributed by atoms with Crippen molar-refractivity contribution in [2.75, 3.05) is 13.2 Å². The van der Waals surface area contributed by atoms with E-state index in [9.17, 15) is 14.9 Å². The number of nitriles is 1. The average molecular weight is 292 g/mol. The van der Waals surface area contributed by atoms with Crippen molar-refractivity contribution in [3.63, 3.8) is 0 Å². The second kappa shape index (κ2) is 6.93. The van der Waals surface area contributed by atoms with Gasteiger partial charge in [0.25, 0.3) is 0 Å². The van der Waals surface area contributed by atoms with Crippen LogP contribution < -0.4 is 0 Å². The van der Waals surface area contributed by atoms with Gasteiger partial charge in [-0.1, -0.05) is 19.3 Å². The minimum Gasteiger partial charge on any atom is -0.464 e. The number of rotatable bonds is 3. The highest BCUT2D eigenvalue weighted by Gasteiger charge is 2.46. The molecule has 0 N–H and O–H groups in total. The summed E-state index contributed by atoms with van der Waals surface area (Å²) >= 11 is 0. The number of piperidine rings is 1. The van der Waals surface area contributed by atoms with E-state index in [-0.39, 0.29) is 11.9 Å². The summed E-state index contributed by atoms with van der Waals surface area (Å²) < 4.78 is 5.10. The van der Waals surface area contributed by atoms with Crippen LogP contribution in [0.4, 0.5) is 0 Å². The van der Waals surface area contributed by atoms with Crippen molar-refractivity contribution in [3.8, 4) is 6.07 Å². The van der Waals surface area contributed by atoms with Crippen LogP contribution in [0.5, 0.6) is 0 Å². The molecule has 1 saturated heterocycles. The highest BCUT2D eigenvalue weighted by atomic mass is 16.5. The summed E-state index contributed by atoms with van der Waals surface area (Å²) in [6.45, 7) is 2.65. The molecule has 0 aromatic carbocycles. The lowest BCUT2D eigenvalue weighted by molar-refractivity contribution is -0.160. The Labute approximate surface area is 126 Å². The minimum atomic E-state index is -0.916. The molecule has 5 nitrogen and oxygen atoms in total. The zero-order valence-electron chi connectivity index (χ0n) is 12.8. The Hall–Kier alpha value is -1.57. The smallest absolute Gasteiger partial charge is 0.328 e. The van der Waals surface area contributed by atoms with Crippen LogP contribution in [0.2, 0.25) is 0 Å². The van der Waals surface area contributed by atoms with Crippen molar-refractivity contribution in [2.24, 2.45) is 5.41 Å². The van der Waals surface area contributed by atoms with E-state index in [1.54, 1.807) is 11.8 Å². The molecule has 0 aromatic heterocycles. The molecule has 5 heteroatoms. The van der Waals surface area contributed by atoms with E-state index in [1.165, 1.54) is 0 Å². The van der Waals surface area contributed by atoms with Crippen LogP contribution in [0.25, 0.3) is 0 Å². The summed E-state index contributed by atoms with van der Waals surface area (Å²) in [5.41, 5.74) is -0.916. The first-order valence-corrected chi connectivity index (χ1v) is 8.03. The van der Waals surface area contributed by atoms with Crippen LogP contribution in [-0.2, 0) is 14.3 Å². The van der Waals surface area contributed by atoms with Gasteiger partial charge in [-0.05, 0) is 39.0 Å². The molecule has 2 rings (SSSR count). The molecule has 2 fully saturated rings. The normalized spacial score (nSPS) is 25.0. The van der Waals surface area contributed by atoms with E-state index < -0.39 is 11.5 Å². The maximum Gasteiger partial charge on any atom is 0.328 e. The summed E-state index contributed by atoms with van der Waals surface area (Å²) in [6.07, 6.45) is 6.61. The van der Waals surface area contributed by atoms with Crippen molar-refractivity contribution < 1.29 is 14.3 Å². The standard InChI is InChI=1S/C16H24N2O3/c1-2-21-14(19)13-8-4-7-11-18(13)15(20)16(12-17)9-5-3-6-10-16/h13H,2-11H2,1H3. The Balaban J connectivity index is 2.18. The van der Waals surface area contributed by atoms with Crippen LogP contribution in [0.1, 0.15) is 58.3 Å². The molecule has 0 bridgehead atoms. The van der Waals surface area contributed by atoms with Gasteiger partial charge in [-0.3, -0.25) is 4.79 Å². The Kier molecular flexibility index (Phi) is 5.22. The molecule has 1 aliphatic heterocycles. The Morgan fingerprint density at radius 1 is 1.24 bits per heavy atom. The third-order valence-electron chi connectivity index (χ3n) is 4.65. The van der Waals surface area contributed by atoms with Crippen LogP contribution in [0.15, 0.2) is 0 Å². The summed E-state index contributed by atoms with van der Waals surface area (Å²) in [5, 5.41) is 9.56. The lowest BCUT2D eigenvalue weighted by Crippen LogP contribution is -2.54. The van der Waals surface area contributed by atoms with Gasteiger partial charge in [0.1, 0.15) is 11.5 Å². The van der Waals surface area contributed by atoms with Crippen LogP contribution >= 0.6 is 0 Å². The summed E-state index contributed by atoms with van der Waals surface area (Å²) in [5.74, 6) is -0.475. The van der Waals surface area contributed by atoms with Crippen molar-refractivity contribution in [3.05, 3.63) is 0 Å². The maximum atomic E-state index is 12.9. The van der Waals surface area contributed by atoms with Gasteiger partial charge in [0.05, 0.1) is 12.7 Å². The molecule has 116 valence electrons. The number of hydrogen-bond donors (Lipinski definition) is 0. The minimum absolute atomic E-state index is 0.151. The summed E-state index contributed by atoms with van der Waals surface area (Å²) in [4.78, 5) is 26.6. The number of carbonyl (C=O) groups excluding carboxylic acids is 2. The molecule has 2 aliphatic rings. The van der Waals surface area contributed by atoms with Gasteiger partial charge in [0.15, 0.2) is 0 Å². The van der Waals surface area contributed by atoms with Crippen LogP contribution in [0, 0.1) is 16.7 Å². The third kappa shape index (κ3) is 3.20. The van der Waals surface area contributed by atoms with Crippen molar-refractivity contribution >= 4 is 11.9 Å². The summed E-state index contributed by atoms with van der Waals surface area (Å²) in [7, 11) is 0. The van der Waals surface area contributed by atoms with Crippen LogP contribution in [0.3, 0.4) is 0 Å². The first kappa shape index (κ1) is 15.8. The predicted molar refractivity (Wildman–Crippen MR) is 77.1 cm³/mol. The lowest BCUT2D eigenvalue weighted by Gasteiger charge is -2.40. The fourth-order valence-corrected chi connectivity index (χ4v) is 3.46. The number of likely N-dealkylation sites (tertiary alicyclic amines) is 1. The number of amides is 1. The zero-order valence-corrected chi connectivity index (χ0v) is 12.8. The molecule has 1 heterocycles. The Morgan fingerprint density at radius 2 is 1.95 bits per heavy atom. The third-order valence-corrected chi connectivity index (χ3v) is 4.65. The highest BCUT2D eigenvalue weighted by molar-refractivity contribution is 5.90. The van der Waals surface area contributed by atoms with Gasteiger partial charge in [0.2, 0.25) is 5.91 Å². The zero-order chi connectivity index (χ0) is 15.3. The van der Waals surface area contributed by atoms with Crippen molar-refractivity contribution in [1.29, 1.82) is 5.26 Å². The number of carbonyl (C=O) groups is 2. The fraction of sp³-hybridized carbons (Fsp3) is 0.812. The number of esters is 1. The van der Waals surface area contributed by atoms with Gasteiger partial charge in [0, 0.05) is 6.54 Å². The Bertz CT molecular complexity index is 435. The maximum absolute atomic E-state index is 12.9. The number of ether oxygens (including phenoxy) is 1. The van der Waals surface area contributed by atoms with E-state index in [0.717, 1.165) is 32.1 Å². The van der Waals surface area contributed by atoms with Gasteiger partial charge in [-0.25, -0.2) is 4.79 Å². The van der Waals surface area contributed by atoms with E-state index in [1.807, 2.05) is 0 Å². The molecular formula is C16H24N2O3. The molecule has 0 radical (unpaired) electrons. The first-order chi connectivity index (χ1) is 10.1. The first-order valence-electron chi connectivity index (χ1n) is 8.03. The summed E-state index contributed by atoms with van der Waals surface area (Å²) in [6, 6.07) is 1.76. The molecule has 1 atom stereocenters. The topological polar surface area (TPSA) is 70.4 Å². The average Bonchev–Trinajstić information content (AvgIpc) is 2.55. The second-order valence-corrected chi connectivity index (χ2v) is 6.02. The van der Waals surface area contributed by atoms with E-state index in [0.29, 0.717) is 32.4 Å². The van der Waals surface area contributed by atoms with Gasteiger partial charge < -0.3 is 9.64 Å². The molecule has 0 spiro atoms. The van der Waals surface area contributed by atoms with E-state index in [2.05, 4.69) is 6.07 Å². The predicted octanol–water partition coefficient (Wildman–Crippen LogP) is 2.40. The van der Waals surface area contributed by atoms with Crippen molar-refractivity contribution in [2.45, 2.75) is 64.3 Å². The molecule has 1 unspecified atom stereocenters. The molecule has 21 heavy (non-hydrogen) atoms. The second-order valence-electron chi connectivity index (χ2n) is 6.02. The molecule has 1 aliphatic carbocycles. The van der Waals surface area contributed by atoms with Gasteiger partial charge in [-0.2, -0.15) is 5.26 Å². The SMILES string of the molecule is CCOC(=O)C1CCCCN1C(=O)C1(C#N)CCCCC1. The lowest BCUT2D eigenvalue weighted by atomic mass is 9.73. The number of hydrogen-bond acceptors (Lipinski definition) is 4. The fourth-order valence-electron chi connectivity index (χ4n) is 3.46.